The average Bonchev–Trinajstić information content (AvgIpc) is 2.48. The lowest BCUT2D eigenvalue weighted by atomic mass is 10.3. The van der Waals surface area contributed by atoms with Crippen molar-refractivity contribution in [3.05, 3.63) is 58.4 Å². The SMILES string of the molecule is CS(=O)(=O)c1cccc(S(=O)(=O)Nc2ccc(F)c([N+](=O)[O-])c2)c1. The van der Waals surface area contributed by atoms with E-state index in [0.717, 1.165) is 36.6 Å². The minimum atomic E-state index is -4.21. The number of nitrogens with zero attached hydrogens (tertiary/aromatic N) is 1. The van der Waals surface area contributed by atoms with Crippen LogP contribution in [0.15, 0.2) is 52.3 Å². The molecule has 0 unspecified atom stereocenters. The zero-order chi connectivity index (χ0) is 18.1. The van der Waals surface area contributed by atoms with Gasteiger partial charge in [-0.15, -0.1) is 0 Å². The van der Waals surface area contributed by atoms with Crippen molar-refractivity contribution >= 4 is 31.2 Å². The number of hydrogen-bond acceptors (Lipinski definition) is 6. The van der Waals surface area contributed by atoms with Gasteiger partial charge in [0.1, 0.15) is 0 Å². The molecule has 2 rings (SSSR count). The zero-order valence-corrected chi connectivity index (χ0v) is 13.8. The number of rotatable bonds is 5. The van der Waals surface area contributed by atoms with E-state index >= 15 is 0 Å². The van der Waals surface area contributed by atoms with Crippen molar-refractivity contribution in [2.45, 2.75) is 9.79 Å². The summed E-state index contributed by atoms with van der Waals surface area (Å²) in [6, 6.07) is 7.09. The highest BCUT2D eigenvalue weighted by Gasteiger charge is 2.20. The molecule has 24 heavy (non-hydrogen) atoms. The van der Waals surface area contributed by atoms with Gasteiger partial charge < -0.3 is 0 Å². The number of sulfonamides is 1. The number of nitro benzene ring substituents is 1. The molecule has 0 aliphatic carbocycles. The molecule has 0 aliphatic rings. The molecule has 0 spiro atoms. The van der Waals surface area contributed by atoms with Gasteiger partial charge in [0.15, 0.2) is 9.84 Å². The van der Waals surface area contributed by atoms with E-state index in [0.29, 0.717) is 0 Å². The third kappa shape index (κ3) is 3.86. The summed E-state index contributed by atoms with van der Waals surface area (Å²) in [7, 11) is -7.82. The van der Waals surface area contributed by atoms with Crippen molar-refractivity contribution in [2.24, 2.45) is 0 Å². The molecule has 0 fully saturated rings. The van der Waals surface area contributed by atoms with Gasteiger partial charge in [0.2, 0.25) is 5.82 Å². The fourth-order valence-electron chi connectivity index (χ4n) is 1.80. The van der Waals surface area contributed by atoms with Crippen LogP contribution in [0.3, 0.4) is 0 Å². The van der Waals surface area contributed by atoms with Crippen LogP contribution in [0.1, 0.15) is 0 Å². The zero-order valence-electron chi connectivity index (χ0n) is 12.1. The number of hydrogen-bond donors (Lipinski definition) is 1. The van der Waals surface area contributed by atoms with Crippen LogP contribution in [-0.4, -0.2) is 28.0 Å². The number of halogens is 1. The Kier molecular flexibility index (Phi) is 4.58. The predicted molar refractivity (Wildman–Crippen MR) is 83.4 cm³/mol. The lowest BCUT2D eigenvalue weighted by molar-refractivity contribution is -0.387. The second-order valence-corrected chi connectivity index (χ2v) is 8.47. The highest BCUT2D eigenvalue weighted by atomic mass is 32.2. The van der Waals surface area contributed by atoms with Gasteiger partial charge in [-0.25, -0.2) is 16.8 Å². The summed E-state index contributed by atoms with van der Waals surface area (Å²) in [5.41, 5.74) is -1.12. The molecule has 0 radical (unpaired) electrons. The summed E-state index contributed by atoms with van der Waals surface area (Å²) in [6.07, 6.45) is 0.926. The van der Waals surface area contributed by atoms with Crippen molar-refractivity contribution in [1.82, 2.24) is 0 Å². The summed E-state index contributed by atoms with van der Waals surface area (Å²) in [5.74, 6) is -1.11. The van der Waals surface area contributed by atoms with Crippen LogP contribution in [0, 0.1) is 15.9 Å². The van der Waals surface area contributed by atoms with Crippen molar-refractivity contribution in [3.8, 4) is 0 Å². The molecule has 2 aromatic rings. The molecule has 0 aliphatic heterocycles. The Morgan fingerprint density at radius 1 is 1.04 bits per heavy atom. The number of benzene rings is 2. The first-order chi connectivity index (χ1) is 11.0. The van der Waals surface area contributed by atoms with E-state index in [4.69, 9.17) is 0 Å². The fraction of sp³-hybridized carbons (Fsp3) is 0.0769. The Morgan fingerprint density at radius 3 is 2.25 bits per heavy atom. The van der Waals surface area contributed by atoms with Crippen LogP contribution in [0.25, 0.3) is 0 Å². The van der Waals surface area contributed by atoms with Crippen LogP contribution < -0.4 is 4.72 Å². The van der Waals surface area contributed by atoms with E-state index in [1.165, 1.54) is 12.1 Å². The molecular formula is C13H11FN2O6S2. The summed E-state index contributed by atoms with van der Waals surface area (Å²) in [6.45, 7) is 0. The largest absolute Gasteiger partial charge is 0.306 e. The summed E-state index contributed by atoms with van der Waals surface area (Å²) in [5, 5.41) is 10.7. The average molecular weight is 374 g/mol. The first-order valence-electron chi connectivity index (χ1n) is 6.27. The first-order valence-corrected chi connectivity index (χ1v) is 9.65. The first kappa shape index (κ1) is 17.8. The fourth-order valence-corrected chi connectivity index (χ4v) is 3.64. The van der Waals surface area contributed by atoms with Crippen molar-refractivity contribution in [3.63, 3.8) is 0 Å². The van der Waals surface area contributed by atoms with Crippen molar-refractivity contribution in [1.29, 1.82) is 0 Å². The number of nitrogens with one attached hydrogen (secondary N) is 1. The minimum Gasteiger partial charge on any atom is -0.279 e. The van der Waals surface area contributed by atoms with Gasteiger partial charge in [-0.2, -0.15) is 4.39 Å². The van der Waals surface area contributed by atoms with Crippen LogP contribution in [-0.2, 0) is 19.9 Å². The molecule has 0 amide bonds. The van der Waals surface area contributed by atoms with E-state index in [2.05, 4.69) is 0 Å². The third-order valence-electron chi connectivity index (χ3n) is 2.94. The van der Waals surface area contributed by atoms with Crippen molar-refractivity contribution in [2.75, 3.05) is 11.0 Å². The Bertz CT molecular complexity index is 1020. The molecule has 128 valence electrons. The van der Waals surface area contributed by atoms with Crippen LogP contribution in [0.2, 0.25) is 0 Å². The van der Waals surface area contributed by atoms with Gasteiger partial charge in [0.05, 0.1) is 20.4 Å². The molecule has 0 saturated heterocycles. The second kappa shape index (κ2) is 6.17. The lowest BCUT2D eigenvalue weighted by Crippen LogP contribution is -2.14. The van der Waals surface area contributed by atoms with Crippen molar-refractivity contribution < 1.29 is 26.1 Å². The molecule has 1 N–H and O–H groups in total. The topological polar surface area (TPSA) is 123 Å². The lowest BCUT2D eigenvalue weighted by Gasteiger charge is -2.09. The number of sulfone groups is 1. The van der Waals surface area contributed by atoms with Crippen LogP contribution in [0.4, 0.5) is 15.8 Å². The Hall–Kier alpha value is -2.53. The molecule has 0 heterocycles. The summed E-state index contributed by atoms with van der Waals surface area (Å²) in [4.78, 5) is 9.15. The smallest absolute Gasteiger partial charge is 0.279 e. The molecule has 0 atom stereocenters. The molecule has 2 aromatic carbocycles. The molecule has 8 nitrogen and oxygen atoms in total. The number of anilines is 1. The van der Waals surface area contributed by atoms with Gasteiger partial charge in [-0.1, -0.05) is 6.07 Å². The van der Waals surface area contributed by atoms with Gasteiger partial charge in [0, 0.05) is 12.3 Å². The Balaban J connectivity index is 2.43. The monoisotopic (exact) mass is 374 g/mol. The Labute approximate surface area is 137 Å². The standard InChI is InChI=1S/C13H11FN2O6S2/c1-23(19,20)10-3-2-4-11(8-10)24(21,22)15-9-5-6-12(14)13(7-9)16(17)18/h2-8,15H,1H3. The molecular weight excluding hydrogens is 363 g/mol. The maximum absolute atomic E-state index is 13.3. The molecule has 11 heteroatoms. The third-order valence-corrected chi connectivity index (χ3v) is 5.43. The maximum Gasteiger partial charge on any atom is 0.306 e. The highest BCUT2D eigenvalue weighted by molar-refractivity contribution is 7.93. The number of nitro groups is 1. The highest BCUT2D eigenvalue weighted by Crippen LogP contribution is 2.24. The van der Waals surface area contributed by atoms with Crippen LogP contribution in [0.5, 0.6) is 0 Å². The van der Waals surface area contributed by atoms with Gasteiger partial charge in [0.25, 0.3) is 10.0 Å². The maximum atomic E-state index is 13.3. The quantitative estimate of drug-likeness (QED) is 0.630. The van der Waals surface area contributed by atoms with E-state index in [-0.39, 0.29) is 15.5 Å². The van der Waals surface area contributed by atoms with Gasteiger partial charge in [-0.05, 0) is 30.3 Å². The summed E-state index contributed by atoms with van der Waals surface area (Å²) < 4.78 is 62.9. The van der Waals surface area contributed by atoms with Crippen LogP contribution >= 0.6 is 0 Å². The van der Waals surface area contributed by atoms with Gasteiger partial charge in [-0.3, -0.25) is 14.8 Å². The Morgan fingerprint density at radius 2 is 1.67 bits per heavy atom. The molecule has 0 bridgehead atoms. The van der Waals surface area contributed by atoms with E-state index in [1.807, 2.05) is 4.72 Å². The second-order valence-electron chi connectivity index (χ2n) is 4.78. The van der Waals surface area contributed by atoms with E-state index in [9.17, 15) is 31.3 Å². The molecule has 0 aromatic heterocycles. The van der Waals surface area contributed by atoms with E-state index < -0.39 is 36.3 Å². The summed E-state index contributed by atoms with van der Waals surface area (Å²) >= 11 is 0. The molecule has 0 saturated carbocycles. The van der Waals surface area contributed by atoms with Gasteiger partial charge >= 0.3 is 5.69 Å². The normalized spacial score (nSPS) is 11.9. The predicted octanol–water partition coefficient (Wildman–Crippen LogP) is 1.94. The minimum absolute atomic E-state index is 0.199. The van der Waals surface area contributed by atoms with E-state index in [1.54, 1.807) is 0 Å².